The van der Waals surface area contributed by atoms with Crippen LogP contribution >= 0.6 is 11.8 Å². The van der Waals surface area contributed by atoms with Crippen molar-refractivity contribution < 1.29 is 4.79 Å². The Labute approximate surface area is 109 Å². The van der Waals surface area contributed by atoms with E-state index in [-0.39, 0.29) is 5.91 Å². The van der Waals surface area contributed by atoms with Crippen LogP contribution in [0.5, 0.6) is 0 Å². The normalized spacial score (nSPS) is 13.9. The summed E-state index contributed by atoms with van der Waals surface area (Å²) in [6.45, 7) is 0. The number of rotatable bonds is 1. The van der Waals surface area contributed by atoms with E-state index in [1.54, 1.807) is 11.8 Å². The lowest BCUT2D eigenvalue weighted by atomic mass is 10.0. The first-order valence-electron chi connectivity index (χ1n) is 5.65. The van der Waals surface area contributed by atoms with E-state index in [0.29, 0.717) is 5.75 Å². The van der Waals surface area contributed by atoms with E-state index in [1.807, 2.05) is 36.4 Å². The highest BCUT2D eigenvalue weighted by Crippen LogP contribution is 2.35. The summed E-state index contributed by atoms with van der Waals surface area (Å²) in [5.74, 6) is 0.547. The van der Waals surface area contributed by atoms with Gasteiger partial charge in [0.25, 0.3) is 0 Å². The average molecular weight is 256 g/mol. The molecule has 0 radical (unpaired) electrons. The lowest BCUT2D eigenvalue weighted by Crippen LogP contribution is -2.18. The highest BCUT2D eigenvalue weighted by Gasteiger charge is 2.15. The zero-order chi connectivity index (χ0) is 12.5. The molecule has 0 bridgehead atoms. The van der Waals surface area contributed by atoms with Crippen LogP contribution in [0.15, 0.2) is 47.4 Å². The van der Waals surface area contributed by atoms with Gasteiger partial charge in [-0.15, -0.1) is 11.8 Å². The van der Waals surface area contributed by atoms with Gasteiger partial charge in [0.1, 0.15) is 0 Å². The first-order valence-corrected chi connectivity index (χ1v) is 6.63. The van der Waals surface area contributed by atoms with Crippen LogP contribution in [0, 0.1) is 0 Å². The number of nitrogens with two attached hydrogens (primary N) is 1. The molecule has 3 N–H and O–H groups in total. The van der Waals surface area contributed by atoms with Crippen LogP contribution in [0.1, 0.15) is 0 Å². The molecule has 0 aliphatic carbocycles. The molecule has 1 aliphatic heterocycles. The van der Waals surface area contributed by atoms with Crippen LogP contribution in [-0.4, -0.2) is 11.7 Å². The van der Waals surface area contributed by atoms with Crippen LogP contribution in [0.3, 0.4) is 0 Å². The third-order valence-corrected chi connectivity index (χ3v) is 3.91. The molecule has 2 aromatic carbocycles. The average Bonchev–Trinajstić information content (AvgIpc) is 2.39. The minimum Gasteiger partial charge on any atom is -0.399 e. The molecule has 0 aromatic heterocycles. The molecule has 4 heteroatoms. The van der Waals surface area contributed by atoms with Crippen molar-refractivity contribution in [3.8, 4) is 11.1 Å². The van der Waals surface area contributed by atoms with Crippen molar-refractivity contribution in [2.24, 2.45) is 0 Å². The summed E-state index contributed by atoms with van der Waals surface area (Å²) < 4.78 is 0. The van der Waals surface area contributed by atoms with Gasteiger partial charge in [-0.1, -0.05) is 18.2 Å². The predicted molar refractivity (Wildman–Crippen MR) is 75.6 cm³/mol. The van der Waals surface area contributed by atoms with Crippen molar-refractivity contribution in [2.75, 3.05) is 16.8 Å². The molecule has 2 aromatic rings. The van der Waals surface area contributed by atoms with E-state index < -0.39 is 0 Å². The van der Waals surface area contributed by atoms with Gasteiger partial charge in [0.2, 0.25) is 5.91 Å². The molecule has 1 amide bonds. The number of fused-ring (bicyclic) bond motifs is 1. The minimum absolute atomic E-state index is 0.0627. The summed E-state index contributed by atoms with van der Waals surface area (Å²) in [7, 11) is 0. The molecule has 0 unspecified atom stereocenters. The van der Waals surface area contributed by atoms with E-state index in [4.69, 9.17) is 5.73 Å². The van der Waals surface area contributed by atoms with Crippen molar-refractivity contribution in [1.82, 2.24) is 0 Å². The van der Waals surface area contributed by atoms with Gasteiger partial charge in [0, 0.05) is 10.6 Å². The van der Waals surface area contributed by atoms with Crippen LogP contribution in [0.25, 0.3) is 11.1 Å². The molecule has 1 heterocycles. The van der Waals surface area contributed by atoms with Crippen molar-refractivity contribution in [3.63, 3.8) is 0 Å². The fourth-order valence-electron chi connectivity index (χ4n) is 1.93. The molecule has 0 fully saturated rings. The van der Waals surface area contributed by atoms with E-state index in [0.717, 1.165) is 27.4 Å². The van der Waals surface area contributed by atoms with E-state index in [9.17, 15) is 4.79 Å². The third-order valence-electron chi connectivity index (χ3n) is 2.86. The Kier molecular flexibility index (Phi) is 2.72. The predicted octanol–water partition coefficient (Wildman–Crippen LogP) is 2.98. The Morgan fingerprint density at radius 1 is 1.06 bits per heavy atom. The van der Waals surface area contributed by atoms with Crippen molar-refractivity contribution in [3.05, 3.63) is 42.5 Å². The van der Waals surface area contributed by atoms with Gasteiger partial charge in [0.05, 0.1) is 11.4 Å². The standard InChI is InChI=1S/C14H12N2OS/c15-11-4-1-9(2-5-11)10-3-6-12-13(7-10)18-8-14(17)16-12/h1-7H,8,15H2,(H,16,17). The van der Waals surface area contributed by atoms with E-state index in [1.165, 1.54) is 0 Å². The maximum atomic E-state index is 11.3. The number of carbonyl (C=O) groups excluding carboxylic acids is 1. The number of hydrogen-bond donors (Lipinski definition) is 2. The lowest BCUT2D eigenvalue weighted by molar-refractivity contribution is -0.113. The molecule has 0 saturated heterocycles. The lowest BCUT2D eigenvalue weighted by Gasteiger charge is -2.17. The quantitative estimate of drug-likeness (QED) is 0.771. The second-order valence-corrected chi connectivity index (χ2v) is 5.19. The van der Waals surface area contributed by atoms with Crippen LogP contribution < -0.4 is 11.1 Å². The summed E-state index contributed by atoms with van der Waals surface area (Å²) in [6, 6.07) is 13.9. The number of benzene rings is 2. The van der Waals surface area contributed by atoms with Gasteiger partial charge in [-0.3, -0.25) is 4.79 Å². The first-order chi connectivity index (χ1) is 8.72. The van der Waals surface area contributed by atoms with Crippen molar-refractivity contribution in [1.29, 1.82) is 0 Å². The molecule has 0 saturated carbocycles. The number of amides is 1. The van der Waals surface area contributed by atoms with Gasteiger partial charge >= 0.3 is 0 Å². The summed E-state index contributed by atoms with van der Waals surface area (Å²) >= 11 is 1.57. The zero-order valence-electron chi connectivity index (χ0n) is 9.64. The SMILES string of the molecule is Nc1ccc(-c2ccc3c(c2)SCC(=O)N3)cc1. The van der Waals surface area contributed by atoms with Gasteiger partial charge in [-0.2, -0.15) is 0 Å². The largest absolute Gasteiger partial charge is 0.399 e. The van der Waals surface area contributed by atoms with E-state index >= 15 is 0 Å². The second kappa shape index (κ2) is 4.38. The molecule has 0 atom stereocenters. The zero-order valence-corrected chi connectivity index (χ0v) is 10.5. The maximum absolute atomic E-state index is 11.3. The molecule has 0 spiro atoms. The van der Waals surface area contributed by atoms with E-state index in [2.05, 4.69) is 11.4 Å². The fourth-order valence-corrected chi connectivity index (χ4v) is 2.77. The topological polar surface area (TPSA) is 55.1 Å². The Hall–Kier alpha value is -1.94. The summed E-state index contributed by atoms with van der Waals surface area (Å²) in [4.78, 5) is 12.4. The number of hydrogen-bond acceptors (Lipinski definition) is 3. The van der Waals surface area contributed by atoms with Gasteiger partial charge < -0.3 is 11.1 Å². The number of nitrogen functional groups attached to an aromatic ring is 1. The Morgan fingerprint density at radius 3 is 2.56 bits per heavy atom. The molecule has 18 heavy (non-hydrogen) atoms. The van der Waals surface area contributed by atoms with Gasteiger partial charge in [-0.05, 0) is 35.4 Å². The number of thioether (sulfide) groups is 1. The summed E-state index contributed by atoms with van der Waals surface area (Å²) in [6.07, 6.45) is 0. The molecular weight excluding hydrogens is 244 g/mol. The minimum atomic E-state index is 0.0627. The third kappa shape index (κ3) is 2.07. The van der Waals surface area contributed by atoms with Crippen LogP contribution in [0.2, 0.25) is 0 Å². The second-order valence-electron chi connectivity index (χ2n) is 4.17. The van der Waals surface area contributed by atoms with Crippen molar-refractivity contribution >= 4 is 29.0 Å². The maximum Gasteiger partial charge on any atom is 0.234 e. The number of carbonyl (C=O) groups is 1. The number of anilines is 2. The first kappa shape index (κ1) is 11.2. The molecule has 3 rings (SSSR count). The number of nitrogens with one attached hydrogen (secondary N) is 1. The van der Waals surface area contributed by atoms with Gasteiger partial charge in [-0.25, -0.2) is 0 Å². The molecule has 90 valence electrons. The Balaban J connectivity index is 1.99. The van der Waals surface area contributed by atoms with Crippen LogP contribution in [0.4, 0.5) is 11.4 Å². The molecule has 3 nitrogen and oxygen atoms in total. The summed E-state index contributed by atoms with van der Waals surface area (Å²) in [5.41, 5.74) is 9.61. The molecule has 1 aliphatic rings. The van der Waals surface area contributed by atoms with Gasteiger partial charge in [0.15, 0.2) is 0 Å². The smallest absolute Gasteiger partial charge is 0.234 e. The van der Waals surface area contributed by atoms with Crippen LogP contribution in [-0.2, 0) is 4.79 Å². The molecular formula is C14H12N2OS. The Morgan fingerprint density at radius 2 is 1.78 bits per heavy atom. The van der Waals surface area contributed by atoms with Crippen molar-refractivity contribution in [2.45, 2.75) is 4.90 Å². The highest BCUT2D eigenvalue weighted by atomic mass is 32.2. The Bertz CT molecular complexity index is 608. The highest BCUT2D eigenvalue weighted by molar-refractivity contribution is 8.00. The monoisotopic (exact) mass is 256 g/mol. The fraction of sp³-hybridized carbons (Fsp3) is 0.0714. The summed E-state index contributed by atoms with van der Waals surface area (Å²) in [5, 5.41) is 2.87.